The highest BCUT2D eigenvalue weighted by molar-refractivity contribution is 5.46. The number of aryl methyl sites for hydroxylation is 1. The van der Waals surface area contributed by atoms with Gasteiger partial charge in [0.2, 0.25) is 0 Å². The van der Waals surface area contributed by atoms with Gasteiger partial charge in [-0.05, 0) is 47.6 Å². The molecule has 2 aromatic carbocycles. The van der Waals surface area contributed by atoms with Crippen molar-refractivity contribution < 1.29 is 5.11 Å². The molecular weight excluding hydrogens is 208 g/mol. The largest absolute Gasteiger partial charge is 0.384 e. The molecule has 1 nitrogen and oxygen atoms in total. The SMILES string of the molecule is [CH2]c1cccc2c1CCc1ccccc1C2O. The molecule has 2 aromatic rings. The summed E-state index contributed by atoms with van der Waals surface area (Å²) in [6, 6.07) is 14.1. The normalized spacial score (nSPS) is 18.1. The van der Waals surface area contributed by atoms with E-state index in [-0.39, 0.29) is 0 Å². The van der Waals surface area contributed by atoms with Gasteiger partial charge in [0.15, 0.2) is 0 Å². The quantitative estimate of drug-likeness (QED) is 0.727. The number of hydrogen-bond donors (Lipinski definition) is 1. The van der Waals surface area contributed by atoms with E-state index in [1.54, 1.807) is 0 Å². The standard InChI is InChI=1S/C16H15O/c1-11-5-4-8-15-13(11)10-9-12-6-2-3-7-14(12)16(15)17/h2-8,16-17H,1,9-10H2. The van der Waals surface area contributed by atoms with Crippen LogP contribution in [-0.4, -0.2) is 5.11 Å². The van der Waals surface area contributed by atoms with Crippen molar-refractivity contribution in [2.45, 2.75) is 18.9 Å². The molecule has 0 aliphatic heterocycles. The van der Waals surface area contributed by atoms with Crippen LogP contribution in [0.4, 0.5) is 0 Å². The fourth-order valence-corrected chi connectivity index (χ4v) is 2.67. The van der Waals surface area contributed by atoms with Crippen LogP contribution >= 0.6 is 0 Å². The van der Waals surface area contributed by atoms with Gasteiger partial charge in [0, 0.05) is 0 Å². The molecule has 1 unspecified atom stereocenters. The van der Waals surface area contributed by atoms with Gasteiger partial charge in [-0.3, -0.25) is 0 Å². The van der Waals surface area contributed by atoms with Crippen LogP contribution in [0, 0.1) is 6.92 Å². The number of fused-ring (bicyclic) bond motifs is 2. The van der Waals surface area contributed by atoms with Gasteiger partial charge in [-0.1, -0.05) is 42.5 Å². The predicted octanol–water partition coefficient (Wildman–Crippen LogP) is 3.05. The van der Waals surface area contributed by atoms with E-state index in [1.807, 2.05) is 36.4 Å². The first-order valence-corrected chi connectivity index (χ1v) is 5.97. The van der Waals surface area contributed by atoms with Crippen LogP contribution in [0.5, 0.6) is 0 Å². The molecule has 0 fully saturated rings. The van der Waals surface area contributed by atoms with E-state index in [0.29, 0.717) is 0 Å². The Morgan fingerprint density at radius 3 is 2.59 bits per heavy atom. The topological polar surface area (TPSA) is 20.2 Å². The summed E-state index contributed by atoms with van der Waals surface area (Å²) in [4.78, 5) is 0. The van der Waals surface area contributed by atoms with Crippen molar-refractivity contribution in [2.24, 2.45) is 0 Å². The minimum Gasteiger partial charge on any atom is -0.384 e. The molecule has 1 N–H and O–H groups in total. The highest BCUT2D eigenvalue weighted by atomic mass is 16.3. The Hall–Kier alpha value is -1.60. The maximum Gasteiger partial charge on any atom is 0.105 e. The summed E-state index contributed by atoms with van der Waals surface area (Å²) >= 11 is 0. The van der Waals surface area contributed by atoms with Gasteiger partial charge in [0.1, 0.15) is 6.10 Å². The lowest BCUT2D eigenvalue weighted by Gasteiger charge is -2.15. The second-order valence-electron chi connectivity index (χ2n) is 4.59. The molecule has 0 saturated heterocycles. The molecule has 1 atom stereocenters. The summed E-state index contributed by atoms with van der Waals surface area (Å²) in [5.41, 5.74) is 5.54. The zero-order chi connectivity index (χ0) is 11.8. The molecule has 3 rings (SSSR count). The van der Waals surface area contributed by atoms with Gasteiger partial charge >= 0.3 is 0 Å². The third-order valence-corrected chi connectivity index (χ3v) is 3.60. The van der Waals surface area contributed by atoms with Crippen LogP contribution in [0.2, 0.25) is 0 Å². The third-order valence-electron chi connectivity index (χ3n) is 3.60. The molecule has 85 valence electrons. The summed E-state index contributed by atoms with van der Waals surface area (Å²) in [5.74, 6) is 0. The lowest BCUT2D eigenvalue weighted by Crippen LogP contribution is -2.03. The van der Waals surface area contributed by atoms with E-state index in [9.17, 15) is 5.11 Å². The van der Waals surface area contributed by atoms with Crippen LogP contribution in [0.25, 0.3) is 0 Å². The zero-order valence-corrected chi connectivity index (χ0v) is 9.69. The Morgan fingerprint density at radius 2 is 1.71 bits per heavy atom. The van der Waals surface area contributed by atoms with E-state index in [1.165, 1.54) is 11.1 Å². The molecule has 1 heteroatoms. The zero-order valence-electron chi connectivity index (χ0n) is 9.69. The maximum absolute atomic E-state index is 10.5. The maximum atomic E-state index is 10.5. The average molecular weight is 223 g/mol. The molecule has 0 bridgehead atoms. The molecule has 1 aliphatic rings. The Labute approximate surface area is 102 Å². The molecule has 17 heavy (non-hydrogen) atoms. The molecular formula is C16H15O. The summed E-state index contributed by atoms with van der Waals surface area (Å²) < 4.78 is 0. The van der Waals surface area contributed by atoms with Crippen molar-refractivity contribution in [3.05, 3.63) is 77.2 Å². The smallest absolute Gasteiger partial charge is 0.105 e. The second kappa shape index (κ2) is 4.01. The monoisotopic (exact) mass is 223 g/mol. The Bertz CT molecular complexity index is 557. The fourth-order valence-electron chi connectivity index (χ4n) is 2.67. The molecule has 1 aliphatic carbocycles. The number of rotatable bonds is 0. The van der Waals surface area contributed by atoms with Crippen molar-refractivity contribution in [2.75, 3.05) is 0 Å². The van der Waals surface area contributed by atoms with Crippen molar-refractivity contribution in [3.8, 4) is 0 Å². The summed E-state index contributed by atoms with van der Waals surface area (Å²) in [5, 5.41) is 10.5. The van der Waals surface area contributed by atoms with Gasteiger partial charge < -0.3 is 5.11 Å². The highest BCUT2D eigenvalue weighted by Gasteiger charge is 2.21. The van der Waals surface area contributed by atoms with Crippen molar-refractivity contribution >= 4 is 0 Å². The van der Waals surface area contributed by atoms with E-state index < -0.39 is 6.10 Å². The Balaban J connectivity index is 2.20. The van der Waals surface area contributed by atoms with Crippen LogP contribution in [-0.2, 0) is 12.8 Å². The van der Waals surface area contributed by atoms with Crippen molar-refractivity contribution in [3.63, 3.8) is 0 Å². The van der Waals surface area contributed by atoms with Gasteiger partial charge in [0.05, 0.1) is 0 Å². The Kier molecular flexibility index (Phi) is 2.49. The number of aliphatic hydroxyl groups is 1. The van der Waals surface area contributed by atoms with Crippen LogP contribution in [0.1, 0.15) is 33.9 Å². The van der Waals surface area contributed by atoms with Crippen molar-refractivity contribution in [1.29, 1.82) is 0 Å². The van der Waals surface area contributed by atoms with Gasteiger partial charge in [-0.25, -0.2) is 0 Å². The molecule has 0 spiro atoms. The second-order valence-corrected chi connectivity index (χ2v) is 4.59. The lowest BCUT2D eigenvalue weighted by molar-refractivity contribution is 0.219. The first-order valence-electron chi connectivity index (χ1n) is 5.97. The minimum absolute atomic E-state index is 0.509. The average Bonchev–Trinajstić information content (AvgIpc) is 2.50. The molecule has 0 aromatic heterocycles. The number of aliphatic hydroxyl groups excluding tert-OH is 1. The fraction of sp³-hybridized carbons (Fsp3) is 0.188. The van der Waals surface area contributed by atoms with E-state index in [2.05, 4.69) is 13.0 Å². The molecule has 0 amide bonds. The number of hydrogen-bond acceptors (Lipinski definition) is 1. The number of benzene rings is 2. The van der Waals surface area contributed by atoms with E-state index >= 15 is 0 Å². The molecule has 0 heterocycles. The van der Waals surface area contributed by atoms with Crippen LogP contribution in [0.3, 0.4) is 0 Å². The Morgan fingerprint density at radius 1 is 0.941 bits per heavy atom. The summed E-state index contributed by atoms with van der Waals surface area (Å²) in [6.45, 7) is 4.06. The molecule has 0 saturated carbocycles. The van der Waals surface area contributed by atoms with Gasteiger partial charge in [-0.15, -0.1) is 0 Å². The van der Waals surface area contributed by atoms with Crippen LogP contribution < -0.4 is 0 Å². The lowest BCUT2D eigenvalue weighted by atomic mass is 9.95. The van der Waals surface area contributed by atoms with Gasteiger partial charge in [-0.2, -0.15) is 0 Å². The van der Waals surface area contributed by atoms with E-state index in [4.69, 9.17) is 0 Å². The van der Waals surface area contributed by atoms with E-state index in [0.717, 1.165) is 29.5 Å². The third kappa shape index (κ3) is 1.67. The highest BCUT2D eigenvalue weighted by Crippen LogP contribution is 2.33. The van der Waals surface area contributed by atoms with Gasteiger partial charge in [0.25, 0.3) is 0 Å². The first-order chi connectivity index (χ1) is 8.27. The summed E-state index contributed by atoms with van der Waals surface area (Å²) in [7, 11) is 0. The van der Waals surface area contributed by atoms with Crippen molar-refractivity contribution in [1.82, 2.24) is 0 Å². The summed E-state index contributed by atoms with van der Waals surface area (Å²) in [6.07, 6.45) is 1.43. The van der Waals surface area contributed by atoms with Crippen LogP contribution in [0.15, 0.2) is 42.5 Å². The first kappa shape index (κ1) is 10.5. The minimum atomic E-state index is -0.509. The predicted molar refractivity (Wildman–Crippen MR) is 68.8 cm³/mol. The molecule has 1 radical (unpaired) electrons.